The van der Waals surface area contributed by atoms with Crippen LogP contribution in [0.15, 0.2) is 41.2 Å². The van der Waals surface area contributed by atoms with Crippen molar-refractivity contribution in [2.24, 2.45) is 0 Å². The summed E-state index contributed by atoms with van der Waals surface area (Å²) in [5.41, 5.74) is 1.05. The molecule has 0 bridgehead atoms. The Morgan fingerprint density at radius 1 is 1.22 bits per heavy atom. The first kappa shape index (κ1) is 15.1. The summed E-state index contributed by atoms with van der Waals surface area (Å²) in [4.78, 5) is 24.5. The second-order valence-electron chi connectivity index (χ2n) is 4.72. The van der Waals surface area contributed by atoms with Crippen LogP contribution in [-0.4, -0.2) is 26.0 Å². The zero-order valence-corrected chi connectivity index (χ0v) is 13.3. The van der Waals surface area contributed by atoms with Crippen molar-refractivity contribution in [3.8, 4) is 5.75 Å². The van der Waals surface area contributed by atoms with Crippen molar-refractivity contribution in [3.05, 3.63) is 47.2 Å². The first-order valence-corrected chi connectivity index (χ1v) is 7.62. The van der Waals surface area contributed by atoms with E-state index in [1.165, 1.54) is 31.0 Å². The predicted octanol–water partition coefficient (Wildman–Crippen LogP) is 3.11. The molecule has 0 radical (unpaired) electrons. The zero-order valence-electron chi connectivity index (χ0n) is 12.5. The van der Waals surface area contributed by atoms with Crippen LogP contribution in [0, 0.1) is 0 Å². The van der Waals surface area contributed by atoms with E-state index in [4.69, 9.17) is 9.15 Å². The Morgan fingerprint density at radius 2 is 2.04 bits per heavy atom. The summed E-state index contributed by atoms with van der Waals surface area (Å²) in [5.74, 6) is 0.0367. The Kier molecular flexibility index (Phi) is 4.03. The monoisotopic (exact) mass is 330 g/mol. The minimum Gasteiger partial charge on any atom is -0.494 e. The van der Waals surface area contributed by atoms with Gasteiger partial charge in [0.1, 0.15) is 16.9 Å². The maximum Gasteiger partial charge on any atom is 0.264 e. The first-order valence-electron chi connectivity index (χ1n) is 6.80. The molecule has 0 atom stereocenters. The number of amides is 2. The predicted molar refractivity (Wildman–Crippen MR) is 88.4 cm³/mol. The van der Waals surface area contributed by atoms with Gasteiger partial charge in [-0.1, -0.05) is 0 Å². The highest BCUT2D eigenvalue weighted by Crippen LogP contribution is 2.39. The molecular formula is C16H14N2O4S. The van der Waals surface area contributed by atoms with Crippen molar-refractivity contribution in [1.29, 1.82) is 0 Å². The molecule has 2 aromatic heterocycles. The molecule has 0 saturated heterocycles. The molecule has 0 unspecified atom stereocenters. The summed E-state index contributed by atoms with van der Waals surface area (Å²) < 4.78 is 11.2. The van der Waals surface area contributed by atoms with Gasteiger partial charge < -0.3 is 19.8 Å². The summed E-state index contributed by atoms with van der Waals surface area (Å²) >= 11 is 1.34. The number of carbonyl (C=O) groups excluding carboxylic acids is 2. The van der Waals surface area contributed by atoms with Gasteiger partial charge in [-0.05, 0) is 24.3 Å². The van der Waals surface area contributed by atoms with Crippen LogP contribution in [0.5, 0.6) is 5.75 Å². The summed E-state index contributed by atoms with van der Waals surface area (Å²) in [5, 5.41) is 6.16. The summed E-state index contributed by atoms with van der Waals surface area (Å²) in [7, 11) is 3.09. The van der Waals surface area contributed by atoms with Crippen LogP contribution in [0.3, 0.4) is 0 Å². The van der Waals surface area contributed by atoms with Crippen LogP contribution in [0.2, 0.25) is 0 Å². The number of benzene rings is 1. The molecule has 0 spiro atoms. The van der Waals surface area contributed by atoms with Gasteiger partial charge in [-0.2, -0.15) is 0 Å². The molecule has 6 nitrogen and oxygen atoms in total. The van der Waals surface area contributed by atoms with Gasteiger partial charge in [0, 0.05) is 22.8 Å². The van der Waals surface area contributed by atoms with E-state index in [0.717, 1.165) is 10.1 Å². The number of furan rings is 1. The average molecular weight is 330 g/mol. The number of ether oxygens (including phenoxy) is 1. The number of carbonyl (C=O) groups is 2. The fourth-order valence-corrected chi connectivity index (χ4v) is 3.31. The van der Waals surface area contributed by atoms with Crippen LogP contribution in [0.4, 0.5) is 5.69 Å². The van der Waals surface area contributed by atoms with Crippen LogP contribution >= 0.6 is 11.3 Å². The highest BCUT2D eigenvalue weighted by Gasteiger charge is 2.19. The van der Waals surface area contributed by atoms with Gasteiger partial charge in [-0.15, -0.1) is 11.3 Å². The molecule has 2 amide bonds. The van der Waals surface area contributed by atoms with Gasteiger partial charge in [-0.25, -0.2) is 0 Å². The van der Waals surface area contributed by atoms with Gasteiger partial charge in [0.25, 0.3) is 11.8 Å². The lowest BCUT2D eigenvalue weighted by Crippen LogP contribution is -2.16. The number of hydrogen-bond donors (Lipinski definition) is 2. The van der Waals surface area contributed by atoms with Crippen molar-refractivity contribution >= 4 is 38.9 Å². The summed E-state index contributed by atoms with van der Waals surface area (Å²) in [6.45, 7) is 0. The quantitative estimate of drug-likeness (QED) is 0.770. The van der Waals surface area contributed by atoms with Crippen molar-refractivity contribution in [2.75, 3.05) is 19.5 Å². The Morgan fingerprint density at radius 3 is 2.70 bits per heavy atom. The number of anilines is 1. The van der Waals surface area contributed by atoms with E-state index in [1.54, 1.807) is 25.2 Å². The molecule has 1 aromatic carbocycles. The number of rotatable bonds is 4. The molecule has 0 aliphatic rings. The van der Waals surface area contributed by atoms with Crippen LogP contribution < -0.4 is 15.4 Å². The van der Waals surface area contributed by atoms with Gasteiger partial charge >= 0.3 is 0 Å². The normalized spacial score (nSPS) is 10.5. The topological polar surface area (TPSA) is 80.6 Å². The minimum atomic E-state index is -0.265. The Balaban J connectivity index is 1.98. The minimum absolute atomic E-state index is 0.202. The van der Waals surface area contributed by atoms with E-state index >= 15 is 0 Å². The molecule has 118 valence electrons. The lowest BCUT2D eigenvalue weighted by Gasteiger charge is -2.05. The molecule has 0 saturated carbocycles. The lowest BCUT2D eigenvalue weighted by atomic mass is 10.2. The van der Waals surface area contributed by atoms with Gasteiger partial charge in [0.15, 0.2) is 0 Å². The fourth-order valence-electron chi connectivity index (χ4n) is 2.22. The molecule has 0 aliphatic carbocycles. The third-order valence-electron chi connectivity index (χ3n) is 3.32. The standard InChI is InChI=1S/C16H14N2O4S/c1-17-16(20)14-13(21-2)11-7-10(3-4-12(11)23-14)18-15(19)9-5-6-22-8-9/h3-8H,1-2H3,(H,17,20)(H,18,19). The van der Waals surface area contributed by atoms with E-state index in [-0.39, 0.29) is 11.8 Å². The van der Waals surface area contributed by atoms with Gasteiger partial charge in [0.05, 0.1) is 18.9 Å². The molecular weight excluding hydrogens is 316 g/mol. The average Bonchev–Trinajstić information content (AvgIpc) is 3.21. The molecule has 0 aliphatic heterocycles. The van der Waals surface area contributed by atoms with Crippen molar-refractivity contribution < 1.29 is 18.7 Å². The second kappa shape index (κ2) is 6.13. The van der Waals surface area contributed by atoms with Crippen LogP contribution in [-0.2, 0) is 0 Å². The smallest absolute Gasteiger partial charge is 0.264 e. The Hall–Kier alpha value is -2.80. The van der Waals surface area contributed by atoms with E-state index in [1.807, 2.05) is 6.07 Å². The highest BCUT2D eigenvalue weighted by molar-refractivity contribution is 7.21. The van der Waals surface area contributed by atoms with Gasteiger partial charge in [0.2, 0.25) is 0 Å². The number of nitrogens with one attached hydrogen (secondary N) is 2. The molecule has 2 N–H and O–H groups in total. The van der Waals surface area contributed by atoms with Crippen molar-refractivity contribution in [3.63, 3.8) is 0 Å². The van der Waals surface area contributed by atoms with Crippen molar-refractivity contribution in [2.45, 2.75) is 0 Å². The van der Waals surface area contributed by atoms with E-state index in [9.17, 15) is 9.59 Å². The van der Waals surface area contributed by atoms with Crippen molar-refractivity contribution in [1.82, 2.24) is 5.32 Å². The summed E-state index contributed by atoms with van der Waals surface area (Å²) in [6, 6.07) is 7.00. The molecule has 0 fully saturated rings. The van der Waals surface area contributed by atoms with Gasteiger partial charge in [-0.3, -0.25) is 9.59 Å². The molecule has 23 heavy (non-hydrogen) atoms. The number of thiophene rings is 1. The fraction of sp³-hybridized carbons (Fsp3) is 0.125. The van der Waals surface area contributed by atoms with E-state index in [2.05, 4.69) is 10.6 Å². The second-order valence-corrected chi connectivity index (χ2v) is 5.77. The maximum atomic E-state index is 12.1. The largest absolute Gasteiger partial charge is 0.494 e. The number of methoxy groups -OCH3 is 1. The number of hydrogen-bond acceptors (Lipinski definition) is 5. The Labute approximate surface area is 136 Å². The Bertz CT molecular complexity index is 868. The summed E-state index contributed by atoms with van der Waals surface area (Å²) in [6.07, 6.45) is 2.82. The third kappa shape index (κ3) is 2.78. The number of fused-ring (bicyclic) bond motifs is 1. The zero-order chi connectivity index (χ0) is 16.4. The molecule has 3 aromatic rings. The maximum absolute atomic E-state index is 12.1. The van der Waals surface area contributed by atoms with Crippen LogP contribution in [0.25, 0.3) is 10.1 Å². The van der Waals surface area contributed by atoms with E-state index < -0.39 is 0 Å². The highest BCUT2D eigenvalue weighted by atomic mass is 32.1. The molecule has 2 heterocycles. The third-order valence-corrected chi connectivity index (χ3v) is 4.47. The van der Waals surface area contributed by atoms with Crippen LogP contribution in [0.1, 0.15) is 20.0 Å². The lowest BCUT2D eigenvalue weighted by molar-refractivity contribution is 0.0963. The van der Waals surface area contributed by atoms with E-state index in [0.29, 0.717) is 21.9 Å². The molecule has 3 rings (SSSR count). The molecule has 7 heteroatoms. The SMILES string of the molecule is CNC(=O)c1sc2ccc(NC(=O)c3ccoc3)cc2c1OC. The first-order chi connectivity index (χ1) is 11.1.